The van der Waals surface area contributed by atoms with Gasteiger partial charge >= 0.3 is 0 Å². The SMILES string of the molecule is c1cc(-c2ccc(N(c3ccc(-c4cccc5c4oc4ccccc45)cc3)c3cccc(C45C[C@@H]6CC7C[C@@H](C4)C7(C6)C5)c3)cc2)cc(-n2c3ccccc3c3c4ccccc4ccc32)c1. The minimum atomic E-state index is 0.313. The van der Waals surface area contributed by atoms with Gasteiger partial charge in [0.15, 0.2) is 0 Å². The summed E-state index contributed by atoms with van der Waals surface area (Å²) in [6, 6.07) is 74.2. The van der Waals surface area contributed by atoms with Crippen molar-refractivity contribution in [2.24, 2.45) is 23.2 Å². The molecule has 3 nitrogen and oxygen atoms in total. The predicted molar refractivity (Wildman–Crippen MR) is 273 cm³/mol. The molecule has 4 aliphatic rings. The number of rotatable bonds is 7. The Kier molecular flexibility index (Phi) is 7.60. The van der Waals surface area contributed by atoms with Crippen molar-refractivity contribution in [1.82, 2.24) is 4.57 Å². The van der Waals surface area contributed by atoms with E-state index < -0.39 is 0 Å². The molecular weight excluding hydrogens is 801 g/mol. The second-order valence-electron chi connectivity index (χ2n) is 20.4. The van der Waals surface area contributed by atoms with E-state index in [0.29, 0.717) is 10.8 Å². The number of furan rings is 1. The van der Waals surface area contributed by atoms with Gasteiger partial charge in [-0.1, -0.05) is 133 Å². The number of fused-ring (bicyclic) bond motifs is 10. The molecule has 316 valence electrons. The van der Waals surface area contributed by atoms with Crippen LogP contribution in [-0.4, -0.2) is 4.57 Å². The number of aromatic nitrogens is 1. The van der Waals surface area contributed by atoms with Crippen LogP contribution in [0.3, 0.4) is 0 Å². The third-order valence-corrected chi connectivity index (χ3v) is 17.1. The van der Waals surface area contributed by atoms with E-state index in [-0.39, 0.29) is 0 Å². The van der Waals surface area contributed by atoms with Crippen LogP contribution in [0.25, 0.3) is 82.5 Å². The Bertz CT molecular complexity index is 3760. The van der Waals surface area contributed by atoms with Crippen LogP contribution in [0.1, 0.15) is 44.1 Å². The lowest BCUT2D eigenvalue weighted by Crippen LogP contribution is -2.42. The van der Waals surface area contributed by atoms with Crippen LogP contribution < -0.4 is 4.90 Å². The van der Waals surface area contributed by atoms with E-state index in [2.05, 4.69) is 204 Å². The lowest BCUT2D eigenvalue weighted by atomic mass is 9.55. The fourth-order valence-corrected chi connectivity index (χ4v) is 14.5. The average Bonchev–Trinajstić information content (AvgIpc) is 4.04. The molecule has 3 unspecified atom stereocenters. The number of para-hydroxylation sites is 3. The summed E-state index contributed by atoms with van der Waals surface area (Å²) in [5, 5.41) is 7.45. The van der Waals surface area contributed by atoms with E-state index in [1.165, 1.54) is 87.9 Å². The molecule has 0 aliphatic heterocycles. The summed E-state index contributed by atoms with van der Waals surface area (Å²) in [6.07, 6.45) is 8.59. The summed E-state index contributed by atoms with van der Waals surface area (Å²) < 4.78 is 8.93. The molecule has 11 aromatic rings. The fraction of sp³-hybridized carbons (Fsp3) is 0.175. The highest BCUT2D eigenvalue weighted by Crippen LogP contribution is 2.79. The largest absolute Gasteiger partial charge is 0.455 e. The molecule has 0 radical (unpaired) electrons. The summed E-state index contributed by atoms with van der Waals surface area (Å²) in [4.78, 5) is 2.48. The van der Waals surface area contributed by atoms with E-state index >= 15 is 0 Å². The molecule has 3 bridgehead atoms. The summed E-state index contributed by atoms with van der Waals surface area (Å²) >= 11 is 0. The van der Waals surface area contributed by atoms with Crippen molar-refractivity contribution in [2.45, 2.75) is 43.9 Å². The second-order valence-corrected chi connectivity index (χ2v) is 20.4. The molecule has 1 spiro atoms. The van der Waals surface area contributed by atoms with Crippen LogP contribution in [0, 0.1) is 23.2 Å². The average molecular weight is 849 g/mol. The molecule has 2 aromatic heterocycles. The topological polar surface area (TPSA) is 21.3 Å². The zero-order valence-electron chi connectivity index (χ0n) is 36.8. The summed E-state index contributed by atoms with van der Waals surface area (Å²) in [6.45, 7) is 0. The molecule has 9 aromatic carbocycles. The van der Waals surface area contributed by atoms with Gasteiger partial charge in [-0.3, -0.25) is 0 Å². The highest BCUT2D eigenvalue weighted by molar-refractivity contribution is 6.21. The van der Waals surface area contributed by atoms with Gasteiger partial charge in [-0.15, -0.1) is 0 Å². The summed E-state index contributed by atoms with van der Waals surface area (Å²) in [5.41, 5.74) is 16.2. The first-order valence-corrected chi connectivity index (χ1v) is 24.1. The Morgan fingerprint density at radius 2 is 1.23 bits per heavy atom. The number of benzene rings is 9. The summed E-state index contributed by atoms with van der Waals surface area (Å²) in [7, 11) is 0. The first kappa shape index (κ1) is 36.9. The molecule has 4 aliphatic carbocycles. The van der Waals surface area contributed by atoms with Gasteiger partial charge in [-0.2, -0.15) is 0 Å². The van der Waals surface area contributed by atoms with Crippen molar-refractivity contribution >= 4 is 71.6 Å². The van der Waals surface area contributed by atoms with Gasteiger partial charge in [0.25, 0.3) is 0 Å². The minimum Gasteiger partial charge on any atom is -0.455 e. The molecule has 0 saturated heterocycles. The van der Waals surface area contributed by atoms with Gasteiger partial charge in [0.2, 0.25) is 0 Å². The minimum absolute atomic E-state index is 0.313. The van der Waals surface area contributed by atoms with Gasteiger partial charge in [0.1, 0.15) is 11.2 Å². The third-order valence-electron chi connectivity index (χ3n) is 17.1. The maximum atomic E-state index is 6.50. The quantitative estimate of drug-likeness (QED) is 0.159. The molecule has 3 heteroatoms. The van der Waals surface area contributed by atoms with Crippen LogP contribution in [0.5, 0.6) is 0 Å². The maximum Gasteiger partial charge on any atom is 0.143 e. The first-order chi connectivity index (χ1) is 32.6. The van der Waals surface area contributed by atoms with Crippen LogP contribution in [-0.2, 0) is 5.41 Å². The van der Waals surface area contributed by atoms with Crippen LogP contribution in [0.2, 0.25) is 0 Å². The second kappa shape index (κ2) is 13.6. The van der Waals surface area contributed by atoms with E-state index in [0.717, 1.165) is 67.9 Å². The molecule has 4 saturated carbocycles. The lowest BCUT2D eigenvalue weighted by molar-refractivity contribution is -0.000159. The van der Waals surface area contributed by atoms with Gasteiger partial charge in [0.05, 0.1) is 11.0 Å². The Morgan fingerprint density at radius 3 is 2.11 bits per heavy atom. The van der Waals surface area contributed by atoms with E-state index in [1.54, 1.807) is 5.56 Å². The smallest absolute Gasteiger partial charge is 0.143 e. The van der Waals surface area contributed by atoms with Gasteiger partial charge < -0.3 is 13.9 Å². The van der Waals surface area contributed by atoms with E-state index in [1.807, 2.05) is 6.07 Å². The molecule has 0 amide bonds. The Labute approximate surface area is 384 Å². The van der Waals surface area contributed by atoms with Crippen molar-refractivity contribution in [3.05, 3.63) is 206 Å². The number of hydrogen-bond donors (Lipinski definition) is 0. The van der Waals surface area contributed by atoms with Gasteiger partial charge in [0, 0.05) is 49.9 Å². The standard InChI is InChI=1S/C63H48N2O/c1-2-15-52-42(10-1)26-31-58-60(52)56-17-3-5-20-57(56)65(58)50-13-7-11-44(33-50)41-22-27-48(28-23-41)64(51-14-8-12-45(35-51)62-36-40-32-46-34-47(38-62)63(46,37-40)39-62)49-29-24-43(25-30-49)53-18-9-19-55-54-16-4-6-21-59(54)66-61(53)55/h1-31,33,35,40,46-47H,32,34,36-39H2/t40-,46?,47-,62?,63?/m0/s1. The van der Waals surface area contributed by atoms with Crippen molar-refractivity contribution in [2.75, 3.05) is 4.90 Å². The Hall–Kier alpha value is -7.36. The molecule has 0 N–H and O–H groups in total. The number of hydrogen-bond acceptors (Lipinski definition) is 2. The molecular formula is C63H48N2O. The maximum absolute atomic E-state index is 6.50. The van der Waals surface area contributed by atoms with Crippen LogP contribution in [0.15, 0.2) is 205 Å². The van der Waals surface area contributed by atoms with Gasteiger partial charge in [-0.05, 0) is 167 Å². The van der Waals surface area contributed by atoms with Crippen LogP contribution >= 0.6 is 0 Å². The number of nitrogens with zero attached hydrogens (tertiary/aromatic N) is 2. The normalized spacial score (nSPS) is 22.8. The Balaban J connectivity index is 0.827. The van der Waals surface area contributed by atoms with Crippen LogP contribution in [0.4, 0.5) is 17.1 Å². The zero-order valence-corrected chi connectivity index (χ0v) is 36.8. The van der Waals surface area contributed by atoms with Gasteiger partial charge in [-0.25, -0.2) is 0 Å². The third kappa shape index (κ3) is 5.20. The highest BCUT2D eigenvalue weighted by Gasteiger charge is 2.71. The number of anilines is 3. The van der Waals surface area contributed by atoms with Crippen molar-refractivity contribution in [3.63, 3.8) is 0 Å². The van der Waals surface area contributed by atoms with Crippen molar-refractivity contribution < 1.29 is 4.42 Å². The zero-order chi connectivity index (χ0) is 43.1. The molecule has 66 heavy (non-hydrogen) atoms. The lowest BCUT2D eigenvalue weighted by Gasteiger charge is -2.49. The fourth-order valence-electron chi connectivity index (χ4n) is 14.5. The van der Waals surface area contributed by atoms with Crippen molar-refractivity contribution in [1.29, 1.82) is 0 Å². The van der Waals surface area contributed by atoms with E-state index in [9.17, 15) is 0 Å². The summed E-state index contributed by atoms with van der Waals surface area (Å²) in [5.74, 6) is 2.82. The monoisotopic (exact) mass is 848 g/mol. The first-order valence-electron chi connectivity index (χ1n) is 24.1. The molecule has 4 fully saturated rings. The molecule has 5 atom stereocenters. The van der Waals surface area contributed by atoms with Crippen molar-refractivity contribution in [3.8, 4) is 27.9 Å². The van der Waals surface area contributed by atoms with E-state index in [4.69, 9.17) is 4.42 Å². The molecule has 15 rings (SSSR count). The Morgan fingerprint density at radius 1 is 0.485 bits per heavy atom. The highest BCUT2D eigenvalue weighted by atomic mass is 16.3. The molecule has 2 heterocycles. The predicted octanol–water partition coefficient (Wildman–Crippen LogP) is 17.1.